The monoisotopic (exact) mass is 462 g/mol. The van der Waals surface area contributed by atoms with Crippen LogP contribution in [0.15, 0.2) is 0 Å². The molecule has 1 spiro atoms. The molecule has 2 fully saturated rings. The molecule has 0 aromatic carbocycles. The van der Waals surface area contributed by atoms with E-state index in [0.29, 0.717) is 0 Å². The highest BCUT2D eigenvalue weighted by Crippen LogP contribution is 2.71. The van der Waals surface area contributed by atoms with Gasteiger partial charge >= 0.3 is 29.8 Å². The maximum absolute atomic E-state index is 14.0. The van der Waals surface area contributed by atoms with Crippen LogP contribution in [0.5, 0.6) is 0 Å². The molecule has 0 bridgehead atoms. The molecule has 0 N–H and O–H groups in total. The molecule has 174 valence electrons. The van der Waals surface area contributed by atoms with Crippen molar-refractivity contribution in [2.24, 2.45) is 5.41 Å². The van der Waals surface area contributed by atoms with E-state index in [0.717, 1.165) is 0 Å². The van der Waals surface area contributed by atoms with E-state index in [1.165, 1.54) is 0 Å². The maximum Gasteiger partial charge on any atom is 0.389 e. The Morgan fingerprint density at radius 3 is 0.828 bits per heavy atom. The number of ether oxygens (including phenoxy) is 4. The third kappa shape index (κ3) is 3.76. The second kappa shape index (κ2) is 7.02. The zero-order valence-electron chi connectivity index (χ0n) is 14.8. The lowest BCUT2D eigenvalue weighted by molar-refractivity contribution is -0.653. The van der Waals surface area contributed by atoms with Crippen LogP contribution < -0.4 is 0 Å². The van der Waals surface area contributed by atoms with Crippen LogP contribution in [0.2, 0.25) is 0 Å². The van der Waals surface area contributed by atoms with Gasteiger partial charge in [-0.25, -0.2) is 17.6 Å². The van der Waals surface area contributed by atoms with E-state index in [1.54, 1.807) is 0 Å². The van der Waals surface area contributed by atoms with E-state index < -0.39 is 54.3 Å². The minimum atomic E-state index is -6.55. The first kappa shape index (κ1) is 26.0. The summed E-state index contributed by atoms with van der Waals surface area (Å²) >= 11 is 0. The van der Waals surface area contributed by atoms with E-state index in [-0.39, 0.29) is 13.8 Å². The van der Waals surface area contributed by atoms with Gasteiger partial charge in [0.05, 0.1) is 0 Å². The highest BCUT2D eigenvalue weighted by Gasteiger charge is 2.98. The van der Waals surface area contributed by atoms with Crippen molar-refractivity contribution in [2.45, 2.75) is 76.6 Å². The number of hydrogen-bond donors (Lipinski definition) is 0. The third-order valence-corrected chi connectivity index (χ3v) is 3.59. The summed E-state index contributed by atoms with van der Waals surface area (Å²) in [4.78, 5) is 0. The van der Waals surface area contributed by atoms with Crippen LogP contribution in [-0.4, -0.2) is 48.9 Å². The van der Waals surface area contributed by atoms with E-state index in [2.05, 4.69) is 18.9 Å². The SMILES string of the molecule is CC.CC(F)(F)C1OC(F)(F)C2(C(F)(F)O1)C(F)(F)OC(C(C)(F)F)OC2(F)F. The Kier molecular flexibility index (Phi) is 6.30. The van der Waals surface area contributed by atoms with Crippen LogP contribution in [0.1, 0.15) is 27.7 Å². The first-order valence-electron chi connectivity index (χ1n) is 7.60. The predicted octanol–water partition coefficient (Wildman–Crippen LogP) is 5.43. The van der Waals surface area contributed by atoms with Crippen molar-refractivity contribution < 1.29 is 71.6 Å². The number of hydrogen-bond acceptors (Lipinski definition) is 4. The summed E-state index contributed by atoms with van der Waals surface area (Å²) in [7, 11) is 0. The molecule has 0 atom stereocenters. The fourth-order valence-corrected chi connectivity index (χ4v) is 2.37. The molecule has 2 aliphatic heterocycles. The summed E-state index contributed by atoms with van der Waals surface area (Å²) in [5.74, 6) is -9.40. The number of rotatable bonds is 2. The predicted molar refractivity (Wildman–Crippen MR) is 66.7 cm³/mol. The minimum Gasteiger partial charge on any atom is -0.283 e. The average molecular weight is 462 g/mol. The normalized spacial score (nSPS) is 35.6. The Labute approximate surface area is 155 Å². The lowest BCUT2D eigenvalue weighted by Crippen LogP contribution is -2.81. The average Bonchev–Trinajstić information content (AvgIpc) is 2.42. The van der Waals surface area contributed by atoms with Gasteiger partial charge in [0.1, 0.15) is 0 Å². The third-order valence-electron chi connectivity index (χ3n) is 3.59. The molecule has 4 nitrogen and oxygen atoms in total. The first-order chi connectivity index (χ1) is 12.6. The topological polar surface area (TPSA) is 36.9 Å². The van der Waals surface area contributed by atoms with Gasteiger partial charge in [-0.3, -0.25) is 18.9 Å². The van der Waals surface area contributed by atoms with Gasteiger partial charge in [-0.05, 0) is 0 Å². The molecule has 2 saturated heterocycles. The lowest BCUT2D eigenvalue weighted by Gasteiger charge is -2.56. The Hall–Kier alpha value is -1.00. The van der Waals surface area contributed by atoms with Crippen LogP contribution in [-0.2, 0) is 18.9 Å². The highest BCUT2D eigenvalue weighted by atomic mass is 19.3. The van der Waals surface area contributed by atoms with Crippen LogP contribution in [0, 0.1) is 5.41 Å². The van der Waals surface area contributed by atoms with Crippen molar-refractivity contribution in [2.75, 3.05) is 0 Å². The zero-order valence-corrected chi connectivity index (χ0v) is 14.8. The first-order valence-corrected chi connectivity index (χ1v) is 7.60. The Morgan fingerprint density at radius 2 is 0.690 bits per heavy atom. The van der Waals surface area contributed by atoms with Crippen LogP contribution in [0.3, 0.4) is 0 Å². The standard InChI is InChI=1S/C11H8F12O4.C2H6/c1-5(12,13)3-24-8(16,17)7(9(18,19)25-3)10(20,21)26-4(6(2,14)15)27-11(7,22)23;1-2/h3-4H,1-2H3;1-2H3. The summed E-state index contributed by atoms with van der Waals surface area (Å²) in [6, 6.07) is 0. The van der Waals surface area contributed by atoms with Crippen molar-refractivity contribution in [1.82, 2.24) is 0 Å². The molecule has 29 heavy (non-hydrogen) atoms. The molecule has 16 heteroatoms. The quantitative estimate of drug-likeness (QED) is 0.514. The van der Waals surface area contributed by atoms with Gasteiger partial charge in [0.2, 0.25) is 12.6 Å². The lowest BCUT2D eigenvalue weighted by atomic mass is 9.79. The van der Waals surface area contributed by atoms with E-state index in [1.807, 2.05) is 13.8 Å². The highest BCUT2D eigenvalue weighted by molar-refractivity contribution is 5.10. The maximum atomic E-state index is 14.0. The number of halogens is 12. The Balaban J connectivity index is 0.00000204. The summed E-state index contributed by atoms with van der Waals surface area (Å²) in [6.07, 6.45) is -34.0. The van der Waals surface area contributed by atoms with Crippen molar-refractivity contribution >= 4 is 0 Å². The van der Waals surface area contributed by atoms with Crippen molar-refractivity contribution in [3.8, 4) is 0 Å². The summed E-state index contributed by atoms with van der Waals surface area (Å²) in [6.45, 7) is 3.36. The molecule has 0 amide bonds. The van der Waals surface area contributed by atoms with Gasteiger partial charge in [-0.2, -0.15) is 35.1 Å². The molecule has 0 saturated carbocycles. The van der Waals surface area contributed by atoms with Gasteiger partial charge in [0.25, 0.3) is 11.8 Å². The number of alkyl halides is 12. The molecule has 0 aromatic heterocycles. The zero-order chi connectivity index (χ0) is 23.5. The largest absolute Gasteiger partial charge is 0.389 e. The van der Waals surface area contributed by atoms with Crippen LogP contribution >= 0.6 is 0 Å². The minimum absolute atomic E-state index is 0.320. The molecule has 2 rings (SSSR count). The molecular formula is C13H14F12O4. The summed E-state index contributed by atoms with van der Waals surface area (Å²) in [5.41, 5.74) is -6.55. The van der Waals surface area contributed by atoms with Crippen molar-refractivity contribution in [3.63, 3.8) is 0 Å². The van der Waals surface area contributed by atoms with Gasteiger partial charge in [0, 0.05) is 13.8 Å². The molecule has 2 heterocycles. The van der Waals surface area contributed by atoms with Crippen LogP contribution in [0.4, 0.5) is 52.7 Å². The fraction of sp³-hybridized carbons (Fsp3) is 1.00. The second-order valence-corrected chi connectivity index (χ2v) is 5.86. The van der Waals surface area contributed by atoms with Gasteiger partial charge < -0.3 is 0 Å². The van der Waals surface area contributed by atoms with Gasteiger partial charge in [0.15, 0.2) is 0 Å². The molecule has 2 aliphatic rings. The van der Waals surface area contributed by atoms with Crippen LogP contribution in [0.25, 0.3) is 0 Å². The Bertz CT molecular complexity index is 506. The summed E-state index contributed by atoms with van der Waals surface area (Å²) < 4.78 is 176. The molecule has 0 aliphatic carbocycles. The van der Waals surface area contributed by atoms with E-state index in [9.17, 15) is 52.7 Å². The second-order valence-electron chi connectivity index (χ2n) is 5.86. The van der Waals surface area contributed by atoms with Crippen molar-refractivity contribution in [3.05, 3.63) is 0 Å². The molecule has 0 unspecified atom stereocenters. The summed E-state index contributed by atoms with van der Waals surface area (Å²) in [5, 5.41) is 0. The fourth-order valence-electron chi connectivity index (χ4n) is 2.37. The van der Waals surface area contributed by atoms with E-state index in [4.69, 9.17) is 0 Å². The smallest absolute Gasteiger partial charge is 0.283 e. The molecule has 0 aromatic rings. The van der Waals surface area contributed by atoms with E-state index >= 15 is 0 Å². The Morgan fingerprint density at radius 1 is 0.517 bits per heavy atom. The molecule has 0 radical (unpaired) electrons. The molecular weight excluding hydrogens is 448 g/mol. The van der Waals surface area contributed by atoms with Crippen molar-refractivity contribution in [1.29, 1.82) is 0 Å². The van der Waals surface area contributed by atoms with Gasteiger partial charge in [-0.15, -0.1) is 0 Å². The van der Waals surface area contributed by atoms with Gasteiger partial charge in [-0.1, -0.05) is 13.8 Å².